The average molecular weight is 485 g/mol. The van der Waals surface area contributed by atoms with Crippen LogP contribution < -0.4 is 0 Å². The molecule has 0 bridgehead atoms. The first-order chi connectivity index (χ1) is 15.5. The number of nitrogens with zero attached hydrogens (tertiary/aromatic N) is 4. The highest BCUT2D eigenvalue weighted by Crippen LogP contribution is 2.33. The Bertz CT molecular complexity index is 1460. The van der Waals surface area contributed by atoms with Crippen molar-refractivity contribution >= 4 is 50.7 Å². The number of benzene rings is 2. The molecule has 0 atom stereocenters. The van der Waals surface area contributed by atoms with Gasteiger partial charge in [0.25, 0.3) is 5.89 Å². The monoisotopic (exact) mass is 484 g/mol. The SMILES string of the molecule is Cc1nn(-c2ccccc2Cl)c2sc(C(=O)OCc3nc(-c4cccc(Cl)c4)no3)cc12. The van der Waals surface area contributed by atoms with E-state index in [1.807, 2.05) is 31.2 Å². The van der Waals surface area contributed by atoms with Crippen LogP contribution in [0, 0.1) is 6.92 Å². The van der Waals surface area contributed by atoms with Crippen LogP contribution >= 0.6 is 34.5 Å². The van der Waals surface area contributed by atoms with Crippen molar-refractivity contribution in [3.63, 3.8) is 0 Å². The summed E-state index contributed by atoms with van der Waals surface area (Å²) < 4.78 is 12.3. The van der Waals surface area contributed by atoms with Gasteiger partial charge in [-0.3, -0.25) is 0 Å². The summed E-state index contributed by atoms with van der Waals surface area (Å²) in [4.78, 5) is 18.2. The number of aryl methyl sites for hydroxylation is 1. The number of hydrogen-bond donors (Lipinski definition) is 0. The molecule has 0 radical (unpaired) electrons. The highest BCUT2D eigenvalue weighted by Gasteiger charge is 2.20. The number of hydrogen-bond acceptors (Lipinski definition) is 7. The molecule has 0 amide bonds. The van der Waals surface area contributed by atoms with Crippen molar-refractivity contribution in [3.8, 4) is 17.1 Å². The van der Waals surface area contributed by atoms with E-state index in [2.05, 4.69) is 15.2 Å². The van der Waals surface area contributed by atoms with Gasteiger partial charge in [0.2, 0.25) is 5.82 Å². The van der Waals surface area contributed by atoms with Crippen molar-refractivity contribution in [2.45, 2.75) is 13.5 Å². The predicted molar refractivity (Wildman–Crippen MR) is 123 cm³/mol. The Hall–Kier alpha value is -3.20. The fourth-order valence-electron chi connectivity index (χ4n) is 3.19. The zero-order chi connectivity index (χ0) is 22.2. The Morgan fingerprint density at radius 2 is 2.00 bits per heavy atom. The number of ether oxygens (including phenoxy) is 1. The number of thiophene rings is 1. The van der Waals surface area contributed by atoms with Gasteiger partial charge < -0.3 is 9.26 Å². The van der Waals surface area contributed by atoms with Crippen LogP contribution in [0.4, 0.5) is 0 Å². The standard InChI is InChI=1S/C22H14Cl2N4O3S/c1-12-15-10-18(32-21(15)28(26-12)17-8-3-2-7-16(17)24)22(29)30-11-19-25-20(27-31-19)13-5-4-6-14(23)9-13/h2-10H,11H2,1H3. The first kappa shape index (κ1) is 20.7. The number of carbonyl (C=O) groups is 1. The molecular weight excluding hydrogens is 471 g/mol. The van der Waals surface area contributed by atoms with Crippen molar-refractivity contribution in [3.05, 3.63) is 81.1 Å². The molecule has 0 aliphatic heterocycles. The van der Waals surface area contributed by atoms with Crippen LogP contribution in [0.2, 0.25) is 10.0 Å². The quantitative estimate of drug-likeness (QED) is 0.280. The van der Waals surface area contributed by atoms with Gasteiger partial charge in [0.05, 0.1) is 16.4 Å². The lowest BCUT2D eigenvalue weighted by Crippen LogP contribution is -2.03. The molecule has 5 aromatic rings. The summed E-state index contributed by atoms with van der Waals surface area (Å²) >= 11 is 13.6. The molecule has 2 aromatic carbocycles. The van der Waals surface area contributed by atoms with Crippen LogP contribution in [-0.4, -0.2) is 25.9 Å². The van der Waals surface area contributed by atoms with Crippen molar-refractivity contribution in [1.29, 1.82) is 0 Å². The third-order valence-electron chi connectivity index (χ3n) is 4.70. The fraction of sp³-hybridized carbons (Fsp3) is 0.0909. The molecule has 0 saturated heterocycles. The highest BCUT2D eigenvalue weighted by atomic mass is 35.5. The van der Waals surface area contributed by atoms with E-state index in [9.17, 15) is 4.79 Å². The van der Waals surface area contributed by atoms with Crippen LogP contribution in [0.3, 0.4) is 0 Å². The predicted octanol–water partition coefficient (Wildman–Crippen LogP) is 6.11. The number of rotatable bonds is 5. The lowest BCUT2D eigenvalue weighted by molar-refractivity contribution is 0.0435. The molecule has 160 valence electrons. The second-order valence-electron chi connectivity index (χ2n) is 6.88. The van der Waals surface area contributed by atoms with E-state index in [1.54, 1.807) is 35.0 Å². The summed E-state index contributed by atoms with van der Waals surface area (Å²) in [5.74, 6) is 0.0718. The van der Waals surface area contributed by atoms with E-state index >= 15 is 0 Å². The first-order valence-electron chi connectivity index (χ1n) is 9.49. The number of halogens is 2. The van der Waals surface area contributed by atoms with Crippen molar-refractivity contribution in [2.24, 2.45) is 0 Å². The van der Waals surface area contributed by atoms with E-state index in [4.69, 9.17) is 32.5 Å². The summed E-state index contributed by atoms with van der Waals surface area (Å²) in [6.07, 6.45) is 0. The summed E-state index contributed by atoms with van der Waals surface area (Å²) in [5.41, 5.74) is 2.25. The molecule has 0 fully saturated rings. The Kier molecular flexibility index (Phi) is 5.42. The van der Waals surface area contributed by atoms with E-state index in [-0.39, 0.29) is 12.5 Å². The van der Waals surface area contributed by atoms with Gasteiger partial charge in [0.1, 0.15) is 9.71 Å². The van der Waals surface area contributed by atoms with Crippen molar-refractivity contribution in [2.75, 3.05) is 0 Å². The Morgan fingerprint density at radius 3 is 2.81 bits per heavy atom. The minimum absolute atomic E-state index is 0.143. The largest absolute Gasteiger partial charge is 0.451 e. The van der Waals surface area contributed by atoms with Gasteiger partial charge in [0.15, 0.2) is 6.61 Å². The highest BCUT2D eigenvalue weighted by molar-refractivity contribution is 7.20. The summed E-state index contributed by atoms with van der Waals surface area (Å²) in [6.45, 7) is 1.74. The maximum Gasteiger partial charge on any atom is 0.348 e. The smallest absolute Gasteiger partial charge is 0.348 e. The third kappa shape index (κ3) is 3.88. The van der Waals surface area contributed by atoms with Crippen molar-refractivity contribution < 1.29 is 14.1 Å². The van der Waals surface area contributed by atoms with Crippen LogP contribution in [0.5, 0.6) is 0 Å². The zero-order valence-electron chi connectivity index (χ0n) is 16.6. The van der Waals surface area contributed by atoms with Gasteiger partial charge >= 0.3 is 5.97 Å². The van der Waals surface area contributed by atoms with E-state index in [0.717, 1.165) is 21.6 Å². The van der Waals surface area contributed by atoms with Gasteiger partial charge in [-0.1, -0.05) is 52.6 Å². The Labute approximate surface area is 196 Å². The summed E-state index contributed by atoms with van der Waals surface area (Å²) in [5, 5.41) is 10.5. The molecule has 0 spiro atoms. The molecule has 32 heavy (non-hydrogen) atoms. The van der Waals surface area contributed by atoms with Crippen LogP contribution in [0.15, 0.2) is 59.1 Å². The fourth-order valence-corrected chi connectivity index (χ4v) is 4.67. The van der Waals surface area contributed by atoms with Gasteiger partial charge in [0, 0.05) is 16.0 Å². The van der Waals surface area contributed by atoms with E-state index < -0.39 is 5.97 Å². The lowest BCUT2D eigenvalue weighted by Gasteiger charge is -2.04. The molecule has 7 nitrogen and oxygen atoms in total. The normalized spacial score (nSPS) is 11.2. The van der Waals surface area contributed by atoms with Gasteiger partial charge in [-0.25, -0.2) is 9.48 Å². The topological polar surface area (TPSA) is 83.0 Å². The zero-order valence-corrected chi connectivity index (χ0v) is 18.9. The van der Waals surface area contributed by atoms with E-state index in [0.29, 0.717) is 26.3 Å². The minimum atomic E-state index is -0.487. The molecule has 0 aliphatic carbocycles. The molecule has 5 rings (SSSR count). The van der Waals surface area contributed by atoms with Gasteiger partial charge in [-0.15, -0.1) is 11.3 Å². The summed E-state index contributed by atoms with van der Waals surface area (Å²) in [7, 11) is 0. The third-order valence-corrected chi connectivity index (χ3v) is 6.35. The second kappa shape index (κ2) is 8.38. The van der Waals surface area contributed by atoms with Gasteiger partial charge in [-0.05, 0) is 37.3 Å². The number of para-hydroxylation sites is 1. The van der Waals surface area contributed by atoms with E-state index in [1.165, 1.54) is 11.3 Å². The average Bonchev–Trinajstić information content (AvgIpc) is 3.50. The number of fused-ring (bicyclic) bond motifs is 1. The molecule has 0 saturated carbocycles. The Morgan fingerprint density at radius 1 is 1.16 bits per heavy atom. The lowest BCUT2D eigenvalue weighted by atomic mass is 10.2. The number of carbonyl (C=O) groups excluding carboxylic acids is 1. The first-order valence-corrected chi connectivity index (χ1v) is 11.1. The molecule has 10 heteroatoms. The number of esters is 1. The van der Waals surface area contributed by atoms with Crippen LogP contribution in [-0.2, 0) is 11.3 Å². The Balaban J connectivity index is 1.35. The van der Waals surface area contributed by atoms with Gasteiger partial charge in [-0.2, -0.15) is 10.1 Å². The molecule has 3 aromatic heterocycles. The second-order valence-corrected chi connectivity index (χ2v) is 8.75. The molecular formula is C22H14Cl2N4O3S. The minimum Gasteiger partial charge on any atom is -0.451 e. The number of aromatic nitrogens is 4. The van der Waals surface area contributed by atoms with Crippen molar-refractivity contribution in [1.82, 2.24) is 19.9 Å². The maximum absolute atomic E-state index is 12.7. The van der Waals surface area contributed by atoms with Crippen LogP contribution in [0.25, 0.3) is 27.3 Å². The molecule has 0 aliphatic rings. The molecule has 0 unspecified atom stereocenters. The summed E-state index contributed by atoms with van der Waals surface area (Å²) in [6, 6.07) is 16.3. The molecule has 0 N–H and O–H groups in total. The maximum atomic E-state index is 12.7. The van der Waals surface area contributed by atoms with Crippen LogP contribution in [0.1, 0.15) is 21.3 Å². The molecule has 3 heterocycles.